The summed E-state index contributed by atoms with van der Waals surface area (Å²) in [6.45, 7) is 1.75. The number of carbonyl (C=O) groups is 1. The van der Waals surface area contributed by atoms with E-state index in [0.29, 0.717) is 0 Å². The molecule has 0 aliphatic carbocycles. The van der Waals surface area contributed by atoms with Gasteiger partial charge in [-0.25, -0.2) is 5.43 Å². The van der Waals surface area contributed by atoms with Gasteiger partial charge >= 0.3 is 0 Å². The van der Waals surface area contributed by atoms with Crippen molar-refractivity contribution >= 4 is 18.1 Å². The lowest BCUT2D eigenvalue weighted by Gasteiger charge is -1.97. The number of hydrogen-bond donors (Lipinski definition) is 2. The third-order valence-corrected chi connectivity index (χ3v) is 2.20. The molecule has 0 spiro atoms. The Kier molecular flexibility index (Phi) is 3.50. The third-order valence-electron chi connectivity index (χ3n) is 2.20. The standard InChI is InChI=1S/C9H13N9O/c1-6-7(4-17(2)14-6)3-11-12-8(19)5-18-15-9(10)13-16-18/h3-4H,5H2,1-2H3,(H2,10,15)(H,12,19). The van der Waals surface area contributed by atoms with Gasteiger partial charge in [0, 0.05) is 18.8 Å². The number of tetrazole rings is 1. The van der Waals surface area contributed by atoms with Gasteiger partial charge in [-0.3, -0.25) is 9.48 Å². The molecule has 1 amide bonds. The smallest absolute Gasteiger partial charge is 0.263 e. The van der Waals surface area contributed by atoms with E-state index in [4.69, 9.17) is 5.73 Å². The summed E-state index contributed by atoms with van der Waals surface area (Å²) < 4.78 is 1.67. The molecule has 3 N–H and O–H groups in total. The van der Waals surface area contributed by atoms with E-state index in [0.717, 1.165) is 16.1 Å². The highest BCUT2D eigenvalue weighted by Crippen LogP contribution is 2.00. The van der Waals surface area contributed by atoms with E-state index in [9.17, 15) is 4.79 Å². The molecule has 0 unspecified atom stereocenters. The fourth-order valence-electron chi connectivity index (χ4n) is 1.40. The maximum atomic E-state index is 11.5. The molecule has 2 rings (SSSR count). The van der Waals surface area contributed by atoms with Crippen LogP contribution in [0.1, 0.15) is 11.3 Å². The molecule has 0 aliphatic rings. The van der Waals surface area contributed by atoms with Crippen LogP contribution >= 0.6 is 0 Å². The van der Waals surface area contributed by atoms with E-state index in [-0.39, 0.29) is 18.4 Å². The minimum atomic E-state index is -0.379. The van der Waals surface area contributed by atoms with E-state index >= 15 is 0 Å². The monoisotopic (exact) mass is 263 g/mol. The van der Waals surface area contributed by atoms with Crippen molar-refractivity contribution in [2.75, 3.05) is 5.73 Å². The van der Waals surface area contributed by atoms with Gasteiger partial charge in [-0.15, -0.1) is 5.10 Å². The molecule has 19 heavy (non-hydrogen) atoms. The van der Waals surface area contributed by atoms with E-state index in [1.165, 1.54) is 6.21 Å². The zero-order valence-electron chi connectivity index (χ0n) is 10.5. The van der Waals surface area contributed by atoms with Gasteiger partial charge in [-0.2, -0.15) is 15.0 Å². The van der Waals surface area contributed by atoms with Crippen LogP contribution < -0.4 is 11.2 Å². The molecular formula is C9H13N9O. The largest absolute Gasteiger partial charge is 0.365 e. The predicted molar refractivity (Wildman–Crippen MR) is 65.9 cm³/mol. The molecule has 10 nitrogen and oxygen atoms in total. The first kappa shape index (κ1) is 12.7. The van der Waals surface area contributed by atoms with E-state index < -0.39 is 0 Å². The van der Waals surface area contributed by atoms with Crippen molar-refractivity contribution in [2.45, 2.75) is 13.5 Å². The molecular weight excluding hydrogens is 250 g/mol. The number of anilines is 1. The molecule has 0 atom stereocenters. The van der Waals surface area contributed by atoms with Gasteiger partial charge in [0.25, 0.3) is 11.9 Å². The number of rotatable bonds is 4. The SMILES string of the molecule is Cc1nn(C)cc1C=NNC(=O)Cn1nnc(N)n1. The van der Waals surface area contributed by atoms with Gasteiger partial charge in [0.15, 0.2) is 0 Å². The van der Waals surface area contributed by atoms with Crippen LogP contribution in [0.25, 0.3) is 0 Å². The maximum absolute atomic E-state index is 11.5. The fraction of sp³-hybridized carbons (Fsp3) is 0.333. The molecule has 0 aliphatic heterocycles. The molecule has 2 aromatic rings. The predicted octanol–water partition coefficient (Wildman–Crippen LogP) is -1.55. The Morgan fingerprint density at radius 1 is 1.58 bits per heavy atom. The fourth-order valence-corrected chi connectivity index (χ4v) is 1.40. The van der Waals surface area contributed by atoms with Crippen LogP contribution in [0.2, 0.25) is 0 Å². The lowest BCUT2D eigenvalue weighted by atomic mass is 10.3. The summed E-state index contributed by atoms with van der Waals surface area (Å²) >= 11 is 0. The Hall–Kier alpha value is -2.78. The van der Waals surface area contributed by atoms with E-state index in [1.54, 1.807) is 10.9 Å². The van der Waals surface area contributed by atoms with Crippen molar-refractivity contribution in [3.8, 4) is 0 Å². The normalized spacial score (nSPS) is 11.1. The third kappa shape index (κ3) is 3.34. The summed E-state index contributed by atoms with van der Waals surface area (Å²) in [4.78, 5) is 12.6. The maximum Gasteiger partial charge on any atom is 0.263 e. The van der Waals surface area contributed by atoms with Crippen molar-refractivity contribution in [3.63, 3.8) is 0 Å². The molecule has 0 bridgehead atoms. The second-order valence-electron chi connectivity index (χ2n) is 3.81. The van der Waals surface area contributed by atoms with Crippen LogP contribution in [0.4, 0.5) is 5.95 Å². The number of nitrogens with zero attached hydrogens (tertiary/aromatic N) is 7. The number of amides is 1. The zero-order chi connectivity index (χ0) is 13.8. The molecule has 100 valence electrons. The highest BCUT2D eigenvalue weighted by Gasteiger charge is 2.05. The van der Waals surface area contributed by atoms with Crippen molar-refractivity contribution in [2.24, 2.45) is 12.1 Å². The number of nitrogens with one attached hydrogen (secondary N) is 1. The van der Waals surface area contributed by atoms with Crippen molar-refractivity contribution in [3.05, 3.63) is 17.5 Å². The van der Waals surface area contributed by atoms with Crippen LogP contribution in [0, 0.1) is 6.92 Å². The lowest BCUT2D eigenvalue weighted by Crippen LogP contribution is -2.24. The number of carbonyl (C=O) groups excluding carboxylic acids is 1. The van der Waals surface area contributed by atoms with Crippen molar-refractivity contribution in [1.82, 2.24) is 35.4 Å². The molecule has 0 radical (unpaired) electrons. The molecule has 0 fully saturated rings. The van der Waals surface area contributed by atoms with Gasteiger partial charge in [-0.1, -0.05) is 5.10 Å². The van der Waals surface area contributed by atoms with Crippen molar-refractivity contribution < 1.29 is 4.79 Å². The van der Waals surface area contributed by atoms with Gasteiger partial charge < -0.3 is 5.73 Å². The van der Waals surface area contributed by atoms with Crippen LogP contribution in [0.3, 0.4) is 0 Å². The second-order valence-corrected chi connectivity index (χ2v) is 3.81. The first-order valence-electron chi connectivity index (χ1n) is 5.40. The minimum Gasteiger partial charge on any atom is -0.365 e. The van der Waals surface area contributed by atoms with Crippen LogP contribution in [-0.4, -0.2) is 42.1 Å². The summed E-state index contributed by atoms with van der Waals surface area (Å²) in [6, 6.07) is 0. The first-order chi connectivity index (χ1) is 9.04. The summed E-state index contributed by atoms with van der Waals surface area (Å²) in [5.74, 6) is -0.363. The average molecular weight is 263 g/mol. The van der Waals surface area contributed by atoms with Gasteiger partial charge in [-0.05, 0) is 12.1 Å². The molecule has 2 heterocycles. The zero-order valence-corrected chi connectivity index (χ0v) is 10.5. The average Bonchev–Trinajstić information content (AvgIpc) is 2.86. The molecule has 2 aromatic heterocycles. The number of hydrogen-bond acceptors (Lipinski definition) is 7. The van der Waals surface area contributed by atoms with Gasteiger partial charge in [0.05, 0.1) is 11.9 Å². The van der Waals surface area contributed by atoms with Crippen LogP contribution in [0.5, 0.6) is 0 Å². The summed E-state index contributed by atoms with van der Waals surface area (Å²) in [6.07, 6.45) is 3.31. The number of hydrazone groups is 1. The molecule has 0 aromatic carbocycles. The summed E-state index contributed by atoms with van der Waals surface area (Å²) in [7, 11) is 1.81. The number of aryl methyl sites for hydroxylation is 2. The van der Waals surface area contributed by atoms with E-state index in [2.05, 4.69) is 31.0 Å². The summed E-state index contributed by atoms with van der Waals surface area (Å²) in [5.41, 5.74) is 9.27. The van der Waals surface area contributed by atoms with Crippen molar-refractivity contribution in [1.29, 1.82) is 0 Å². The Labute approximate surface area is 108 Å². The Morgan fingerprint density at radius 3 is 2.95 bits per heavy atom. The molecule has 0 saturated carbocycles. The number of aromatic nitrogens is 6. The van der Waals surface area contributed by atoms with Gasteiger partial charge in [0.1, 0.15) is 6.54 Å². The first-order valence-corrected chi connectivity index (χ1v) is 5.40. The Balaban J connectivity index is 1.88. The topological polar surface area (TPSA) is 129 Å². The minimum absolute atomic E-state index is 0.0160. The second kappa shape index (κ2) is 5.25. The summed E-state index contributed by atoms with van der Waals surface area (Å²) in [5, 5.41) is 18.7. The number of nitrogen functional groups attached to an aromatic ring is 1. The Bertz CT molecular complexity index is 611. The lowest BCUT2D eigenvalue weighted by molar-refractivity contribution is -0.122. The van der Waals surface area contributed by atoms with Gasteiger partial charge in [0.2, 0.25) is 0 Å². The Morgan fingerprint density at radius 2 is 2.37 bits per heavy atom. The molecule has 0 saturated heterocycles. The number of nitrogens with two attached hydrogens (primary N) is 1. The van der Waals surface area contributed by atoms with Crippen LogP contribution in [0.15, 0.2) is 11.3 Å². The van der Waals surface area contributed by atoms with E-state index in [1.807, 2.05) is 14.0 Å². The molecule has 10 heteroatoms. The van der Waals surface area contributed by atoms with Crippen LogP contribution in [-0.2, 0) is 18.4 Å². The quantitative estimate of drug-likeness (QED) is 0.507. The highest BCUT2D eigenvalue weighted by atomic mass is 16.2. The highest BCUT2D eigenvalue weighted by molar-refractivity contribution is 5.82.